The van der Waals surface area contributed by atoms with Gasteiger partial charge in [-0.05, 0) is 18.2 Å². The van der Waals surface area contributed by atoms with Crippen molar-refractivity contribution in [3.8, 4) is 5.82 Å². The number of hydrogen-bond acceptors (Lipinski definition) is 5. The van der Waals surface area contributed by atoms with Gasteiger partial charge in [-0.25, -0.2) is 19.6 Å². The van der Waals surface area contributed by atoms with E-state index in [0.717, 1.165) is 10.9 Å². The summed E-state index contributed by atoms with van der Waals surface area (Å²) in [5.41, 5.74) is 1.10. The molecule has 24 heavy (non-hydrogen) atoms. The van der Waals surface area contributed by atoms with Crippen molar-refractivity contribution in [1.29, 1.82) is 0 Å². The summed E-state index contributed by atoms with van der Waals surface area (Å²) in [6.07, 6.45) is 4.79. The van der Waals surface area contributed by atoms with E-state index in [9.17, 15) is 4.79 Å². The Morgan fingerprint density at radius 3 is 2.83 bits per heavy atom. The van der Waals surface area contributed by atoms with Gasteiger partial charge in [0.2, 0.25) is 0 Å². The third-order valence-corrected chi connectivity index (χ3v) is 3.46. The second-order valence-electron chi connectivity index (χ2n) is 5.06. The second-order valence-corrected chi connectivity index (χ2v) is 5.06. The Hall–Kier alpha value is -3.61. The van der Waals surface area contributed by atoms with Gasteiger partial charge in [-0.1, -0.05) is 24.3 Å². The van der Waals surface area contributed by atoms with Crippen LogP contribution in [0.2, 0.25) is 0 Å². The second kappa shape index (κ2) is 5.88. The Morgan fingerprint density at radius 1 is 1.04 bits per heavy atom. The first-order chi connectivity index (χ1) is 11.8. The lowest BCUT2D eigenvalue weighted by molar-refractivity contribution is 0.102. The summed E-state index contributed by atoms with van der Waals surface area (Å²) in [4.78, 5) is 25.0. The summed E-state index contributed by atoms with van der Waals surface area (Å²) in [5.74, 6) is 0.623. The van der Waals surface area contributed by atoms with E-state index < -0.39 is 0 Å². The normalized spacial score (nSPS) is 10.7. The van der Waals surface area contributed by atoms with Crippen LogP contribution >= 0.6 is 0 Å². The maximum Gasteiger partial charge on any atom is 0.275 e. The van der Waals surface area contributed by atoms with Gasteiger partial charge >= 0.3 is 0 Å². The predicted octanol–water partition coefficient (Wildman–Crippen LogP) is 2.46. The van der Waals surface area contributed by atoms with Crippen LogP contribution in [0.25, 0.3) is 16.7 Å². The number of pyridine rings is 1. The van der Waals surface area contributed by atoms with Crippen LogP contribution in [0.15, 0.2) is 67.3 Å². The first-order valence-corrected chi connectivity index (χ1v) is 7.29. The van der Waals surface area contributed by atoms with E-state index >= 15 is 0 Å². The van der Waals surface area contributed by atoms with Crippen molar-refractivity contribution in [1.82, 2.24) is 24.7 Å². The summed E-state index contributed by atoms with van der Waals surface area (Å²) in [7, 11) is 0. The topological polar surface area (TPSA) is 85.6 Å². The van der Waals surface area contributed by atoms with Crippen molar-refractivity contribution in [2.75, 3.05) is 5.32 Å². The lowest BCUT2D eigenvalue weighted by Crippen LogP contribution is -2.15. The number of amides is 1. The molecule has 3 heterocycles. The van der Waals surface area contributed by atoms with Crippen molar-refractivity contribution in [2.45, 2.75) is 0 Å². The van der Waals surface area contributed by atoms with Crippen LogP contribution in [-0.2, 0) is 0 Å². The van der Waals surface area contributed by atoms with Crippen molar-refractivity contribution in [3.63, 3.8) is 0 Å². The zero-order valence-electron chi connectivity index (χ0n) is 12.5. The molecule has 0 aliphatic heterocycles. The molecule has 0 saturated carbocycles. The van der Waals surface area contributed by atoms with E-state index in [1.165, 1.54) is 6.33 Å². The Morgan fingerprint density at radius 2 is 1.96 bits per heavy atom. The molecule has 0 fully saturated rings. The maximum atomic E-state index is 12.4. The molecular formula is C17H12N6O. The molecule has 0 bridgehead atoms. The quantitative estimate of drug-likeness (QED) is 0.627. The molecule has 7 heteroatoms. The number of carbonyl (C=O) groups excluding carboxylic acids is 1. The molecule has 3 aromatic heterocycles. The molecule has 4 aromatic rings. The molecule has 0 aliphatic carbocycles. The predicted molar refractivity (Wildman–Crippen MR) is 88.9 cm³/mol. The average molecular weight is 316 g/mol. The zero-order chi connectivity index (χ0) is 16.4. The molecule has 1 aromatic carbocycles. The molecular weight excluding hydrogens is 304 g/mol. The van der Waals surface area contributed by atoms with E-state index in [1.54, 1.807) is 35.3 Å². The van der Waals surface area contributed by atoms with Gasteiger partial charge in [0.15, 0.2) is 5.82 Å². The van der Waals surface area contributed by atoms with E-state index in [0.29, 0.717) is 17.3 Å². The maximum absolute atomic E-state index is 12.4. The van der Waals surface area contributed by atoms with Gasteiger partial charge in [0.25, 0.3) is 5.91 Å². The molecule has 0 unspecified atom stereocenters. The number of anilines is 1. The minimum absolute atomic E-state index is 0.327. The molecule has 0 saturated heterocycles. The summed E-state index contributed by atoms with van der Waals surface area (Å²) in [5, 5.41) is 7.82. The number of nitrogens with one attached hydrogen (secondary N) is 1. The Kier molecular flexibility index (Phi) is 3.43. The van der Waals surface area contributed by atoms with Crippen LogP contribution in [-0.4, -0.2) is 30.6 Å². The number of fused-ring (bicyclic) bond motifs is 1. The highest BCUT2D eigenvalue weighted by molar-refractivity contribution is 6.03. The van der Waals surface area contributed by atoms with Crippen LogP contribution in [0.5, 0.6) is 0 Å². The van der Waals surface area contributed by atoms with Gasteiger partial charge in [-0.15, -0.1) is 0 Å². The van der Waals surface area contributed by atoms with Crippen LogP contribution in [0.3, 0.4) is 0 Å². The minimum atomic E-state index is -0.328. The van der Waals surface area contributed by atoms with E-state index in [4.69, 9.17) is 0 Å². The number of aromatic nitrogens is 5. The largest absolute Gasteiger partial charge is 0.305 e. The molecule has 4 rings (SSSR count). The number of rotatable bonds is 3. The Bertz CT molecular complexity index is 1010. The first kappa shape index (κ1) is 14.0. The smallest absolute Gasteiger partial charge is 0.275 e. The van der Waals surface area contributed by atoms with E-state index in [1.807, 2.05) is 30.3 Å². The highest BCUT2D eigenvalue weighted by Crippen LogP contribution is 2.13. The van der Waals surface area contributed by atoms with Gasteiger partial charge in [-0.2, -0.15) is 5.10 Å². The number of benzene rings is 1. The summed E-state index contributed by atoms with van der Waals surface area (Å²) < 4.78 is 1.59. The highest BCUT2D eigenvalue weighted by atomic mass is 16.1. The third kappa shape index (κ3) is 2.70. The molecule has 0 spiro atoms. The van der Waals surface area contributed by atoms with Crippen molar-refractivity contribution < 1.29 is 4.79 Å². The molecule has 0 aliphatic rings. The summed E-state index contributed by atoms with van der Waals surface area (Å²) in [6, 6.07) is 14.6. The standard InChI is InChI=1S/C17H12N6O/c24-17(14-7-6-12-4-1-2-5-13(12)21-14)22-15-10-16(19-11-18-15)23-9-3-8-20-23/h1-11H,(H,18,19,22,24). The monoisotopic (exact) mass is 316 g/mol. The summed E-state index contributed by atoms with van der Waals surface area (Å²) >= 11 is 0. The lowest BCUT2D eigenvalue weighted by Gasteiger charge is -2.06. The van der Waals surface area contributed by atoms with E-state index in [-0.39, 0.29) is 5.91 Å². The van der Waals surface area contributed by atoms with Gasteiger partial charge in [-0.3, -0.25) is 4.79 Å². The van der Waals surface area contributed by atoms with Gasteiger partial charge in [0.1, 0.15) is 17.8 Å². The zero-order valence-corrected chi connectivity index (χ0v) is 12.5. The fraction of sp³-hybridized carbons (Fsp3) is 0. The third-order valence-electron chi connectivity index (χ3n) is 3.46. The van der Waals surface area contributed by atoms with Crippen LogP contribution in [0, 0.1) is 0 Å². The molecule has 1 N–H and O–H groups in total. The van der Waals surface area contributed by atoms with Gasteiger partial charge in [0.05, 0.1) is 5.52 Å². The molecule has 7 nitrogen and oxygen atoms in total. The van der Waals surface area contributed by atoms with Crippen LogP contribution in [0.4, 0.5) is 5.82 Å². The number of carbonyl (C=O) groups is 1. The fourth-order valence-electron chi connectivity index (χ4n) is 2.32. The number of nitrogens with zero attached hydrogens (tertiary/aromatic N) is 5. The van der Waals surface area contributed by atoms with Crippen LogP contribution in [0.1, 0.15) is 10.5 Å². The number of hydrogen-bond donors (Lipinski definition) is 1. The van der Waals surface area contributed by atoms with Gasteiger partial charge in [0, 0.05) is 23.8 Å². The summed E-state index contributed by atoms with van der Waals surface area (Å²) in [6.45, 7) is 0. The Balaban J connectivity index is 1.60. The highest BCUT2D eigenvalue weighted by Gasteiger charge is 2.10. The van der Waals surface area contributed by atoms with Gasteiger partial charge < -0.3 is 5.32 Å². The van der Waals surface area contributed by atoms with E-state index in [2.05, 4.69) is 25.4 Å². The minimum Gasteiger partial charge on any atom is -0.305 e. The molecule has 0 atom stereocenters. The average Bonchev–Trinajstić information content (AvgIpc) is 3.16. The SMILES string of the molecule is O=C(Nc1cc(-n2cccn2)ncn1)c1ccc2ccccc2n1. The number of para-hydroxylation sites is 1. The molecule has 0 radical (unpaired) electrons. The molecule has 116 valence electrons. The van der Waals surface area contributed by atoms with Crippen LogP contribution < -0.4 is 5.32 Å². The lowest BCUT2D eigenvalue weighted by atomic mass is 10.2. The fourth-order valence-corrected chi connectivity index (χ4v) is 2.32. The van der Waals surface area contributed by atoms with Crippen molar-refractivity contribution >= 4 is 22.6 Å². The van der Waals surface area contributed by atoms with Crippen molar-refractivity contribution in [2.24, 2.45) is 0 Å². The van der Waals surface area contributed by atoms with Crippen molar-refractivity contribution in [3.05, 3.63) is 72.9 Å². The molecule has 1 amide bonds. The Labute approximate surface area is 137 Å². The first-order valence-electron chi connectivity index (χ1n) is 7.29.